The van der Waals surface area contributed by atoms with Crippen molar-refractivity contribution in [1.29, 1.82) is 0 Å². The van der Waals surface area contributed by atoms with Gasteiger partial charge in [0.1, 0.15) is 0 Å². The summed E-state index contributed by atoms with van der Waals surface area (Å²) in [5, 5.41) is 8.47. The van der Waals surface area contributed by atoms with Crippen molar-refractivity contribution in [2.45, 2.75) is 58.8 Å². The van der Waals surface area contributed by atoms with Crippen molar-refractivity contribution >= 4 is 17.6 Å². The summed E-state index contributed by atoms with van der Waals surface area (Å²) < 4.78 is 0. The molecular formula is C16H32ClNO2. The minimum atomic E-state index is -0.830. The lowest BCUT2D eigenvalue weighted by molar-refractivity contribution is -0.132. The zero-order chi connectivity index (χ0) is 15.8. The molecule has 4 heteroatoms. The summed E-state index contributed by atoms with van der Waals surface area (Å²) in [6.07, 6.45) is 10.6. The van der Waals surface area contributed by atoms with Crippen molar-refractivity contribution in [3.8, 4) is 0 Å². The summed E-state index contributed by atoms with van der Waals surface area (Å²) in [5.41, 5.74) is 0.423. The highest BCUT2D eigenvalue weighted by Crippen LogP contribution is 2.04. The van der Waals surface area contributed by atoms with Crippen LogP contribution in [0.2, 0.25) is 0 Å². The van der Waals surface area contributed by atoms with Crippen LogP contribution in [0.5, 0.6) is 0 Å². The van der Waals surface area contributed by atoms with Crippen LogP contribution in [0.25, 0.3) is 0 Å². The summed E-state index contributed by atoms with van der Waals surface area (Å²) >= 11 is 5.51. The van der Waals surface area contributed by atoms with Gasteiger partial charge in [-0.1, -0.05) is 45.1 Å². The highest BCUT2D eigenvalue weighted by molar-refractivity contribution is 6.17. The number of carbonyl (C=O) groups is 1. The van der Waals surface area contributed by atoms with E-state index in [1.807, 2.05) is 19.0 Å². The quantitative estimate of drug-likeness (QED) is 0.365. The maximum Gasteiger partial charge on any atom is 0.330 e. The van der Waals surface area contributed by atoms with Gasteiger partial charge in [0, 0.05) is 18.0 Å². The third kappa shape index (κ3) is 19.8. The zero-order valence-electron chi connectivity index (χ0n) is 13.6. The molecule has 0 aromatic rings. The van der Waals surface area contributed by atoms with Gasteiger partial charge in [-0.2, -0.15) is 0 Å². The van der Waals surface area contributed by atoms with Crippen molar-refractivity contribution in [3.05, 3.63) is 11.6 Å². The van der Waals surface area contributed by atoms with E-state index >= 15 is 0 Å². The smallest absolute Gasteiger partial charge is 0.330 e. The van der Waals surface area contributed by atoms with Crippen molar-refractivity contribution in [2.24, 2.45) is 0 Å². The molecule has 0 aliphatic heterocycles. The van der Waals surface area contributed by atoms with Gasteiger partial charge in [-0.15, -0.1) is 11.6 Å². The van der Waals surface area contributed by atoms with Gasteiger partial charge in [0.2, 0.25) is 0 Å². The standard InChI is InChI=1S/C8H17Cl.C8H15NO2/c1-2-3-4-5-6-7-8-9;1-7(8(10)11)5-4-6-9(2)3/h2-8H2,1H3;5H,4,6H2,1-3H3,(H,10,11). The minimum Gasteiger partial charge on any atom is -0.478 e. The van der Waals surface area contributed by atoms with Crippen molar-refractivity contribution in [2.75, 3.05) is 26.5 Å². The number of carboxylic acids is 1. The third-order valence-corrected chi connectivity index (χ3v) is 3.12. The van der Waals surface area contributed by atoms with Crippen molar-refractivity contribution in [1.82, 2.24) is 4.90 Å². The molecule has 1 N–H and O–H groups in total. The van der Waals surface area contributed by atoms with Gasteiger partial charge in [-0.05, 0) is 33.9 Å². The first-order valence-corrected chi connectivity index (χ1v) is 8.09. The van der Waals surface area contributed by atoms with Crippen molar-refractivity contribution < 1.29 is 9.90 Å². The van der Waals surface area contributed by atoms with Crippen LogP contribution in [-0.2, 0) is 4.79 Å². The van der Waals surface area contributed by atoms with Crippen LogP contribution in [0, 0.1) is 0 Å². The number of alkyl halides is 1. The summed E-state index contributed by atoms with van der Waals surface area (Å²) in [7, 11) is 3.92. The van der Waals surface area contributed by atoms with Gasteiger partial charge < -0.3 is 10.0 Å². The van der Waals surface area contributed by atoms with E-state index in [4.69, 9.17) is 16.7 Å². The Bertz CT molecular complexity index is 247. The van der Waals surface area contributed by atoms with Crippen LogP contribution in [0.3, 0.4) is 0 Å². The molecule has 0 bridgehead atoms. The maximum absolute atomic E-state index is 10.3. The Morgan fingerprint density at radius 2 is 1.70 bits per heavy atom. The molecule has 0 saturated heterocycles. The normalized spacial score (nSPS) is 11.2. The van der Waals surface area contributed by atoms with Gasteiger partial charge in [0.25, 0.3) is 0 Å². The van der Waals surface area contributed by atoms with Crippen LogP contribution in [-0.4, -0.2) is 42.5 Å². The molecule has 3 nitrogen and oxygen atoms in total. The van der Waals surface area contributed by atoms with Gasteiger partial charge in [-0.3, -0.25) is 0 Å². The largest absolute Gasteiger partial charge is 0.478 e. The van der Waals surface area contributed by atoms with E-state index in [2.05, 4.69) is 6.92 Å². The van der Waals surface area contributed by atoms with E-state index in [1.54, 1.807) is 13.0 Å². The van der Waals surface area contributed by atoms with Crippen LogP contribution in [0.4, 0.5) is 0 Å². The lowest BCUT2D eigenvalue weighted by Crippen LogP contribution is -2.12. The highest BCUT2D eigenvalue weighted by atomic mass is 35.5. The molecule has 0 saturated carbocycles. The second-order valence-corrected chi connectivity index (χ2v) is 5.62. The lowest BCUT2D eigenvalue weighted by atomic mass is 10.1. The molecule has 0 fully saturated rings. The molecule has 0 aliphatic rings. The molecule has 0 aromatic carbocycles. The first kappa shape index (κ1) is 21.8. The SMILES string of the molecule is CC(=CCCN(C)C)C(=O)O.CCCCCCCCCl. The Labute approximate surface area is 130 Å². The average molecular weight is 306 g/mol. The summed E-state index contributed by atoms with van der Waals surface area (Å²) in [6.45, 7) is 4.74. The molecule has 0 rings (SSSR count). The number of hydrogen-bond acceptors (Lipinski definition) is 2. The molecular weight excluding hydrogens is 274 g/mol. The first-order chi connectivity index (χ1) is 9.45. The number of halogens is 1. The minimum absolute atomic E-state index is 0.423. The fourth-order valence-corrected chi connectivity index (χ4v) is 1.69. The topological polar surface area (TPSA) is 40.5 Å². The number of carboxylic acid groups (broad SMARTS) is 1. The van der Waals surface area contributed by atoms with Gasteiger partial charge in [0.15, 0.2) is 0 Å². The van der Waals surface area contributed by atoms with Crippen LogP contribution >= 0.6 is 11.6 Å². The van der Waals surface area contributed by atoms with Crippen LogP contribution in [0.15, 0.2) is 11.6 Å². The fourth-order valence-electron chi connectivity index (χ4n) is 1.50. The first-order valence-electron chi connectivity index (χ1n) is 7.56. The van der Waals surface area contributed by atoms with E-state index in [-0.39, 0.29) is 0 Å². The number of nitrogens with zero attached hydrogens (tertiary/aromatic N) is 1. The average Bonchev–Trinajstić information content (AvgIpc) is 2.38. The van der Waals surface area contributed by atoms with E-state index in [1.165, 1.54) is 38.5 Å². The molecule has 0 aliphatic carbocycles. The lowest BCUT2D eigenvalue weighted by Gasteiger charge is -2.05. The number of aliphatic carboxylic acids is 1. The molecule has 0 unspecified atom stereocenters. The van der Waals surface area contributed by atoms with Gasteiger partial charge in [0.05, 0.1) is 0 Å². The molecule has 120 valence electrons. The Balaban J connectivity index is 0. The zero-order valence-corrected chi connectivity index (χ0v) is 14.4. The second-order valence-electron chi connectivity index (χ2n) is 5.24. The molecule has 0 amide bonds. The maximum atomic E-state index is 10.3. The Morgan fingerprint density at radius 1 is 1.15 bits per heavy atom. The molecule has 0 atom stereocenters. The monoisotopic (exact) mass is 305 g/mol. The van der Waals surface area contributed by atoms with E-state index in [0.717, 1.165) is 18.8 Å². The van der Waals surface area contributed by atoms with Crippen LogP contribution in [0.1, 0.15) is 58.8 Å². The molecule has 0 heterocycles. The third-order valence-electron chi connectivity index (χ3n) is 2.85. The summed E-state index contributed by atoms with van der Waals surface area (Å²) in [6, 6.07) is 0. The molecule has 0 spiro atoms. The fraction of sp³-hybridized carbons (Fsp3) is 0.812. The summed E-state index contributed by atoms with van der Waals surface area (Å²) in [4.78, 5) is 12.3. The number of hydrogen-bond donors (Lipinski definition) is 1. The van der Waals surface area contributed by atoms with Gasteiger partial charge in [-0.25, -0.2) is 4.79 Å². The molecule has 0 radical (unpaired) electrons. The molecule has 20 heavy (non-hydrogen) atoms. The second kappa shape index (κ2) is 16.5. The van der Waals surface area contributed by atoms with Gasteiger partial charge >= 0.3 is 5.97 Å². The highest BCUT2D eigenvalue weighted by Gasteiger charge is 1.97. The summed E-state index contributed by atoms with van der Waals surface area (Å²) in [5.74, 6) is 0.00955. The predicted octanol–water partition coefficient (Wildman–Crippen LogP) is 4.55. The van der Waals surface area contributed by atoms with E-state index in [9.17, 15) is 4.79 Å². The van der Waals surface area contributed by atoms with E-state index < -0.39 is 5.97 Å². The number of rotatable bonds is 10. The number of unbranched alkanes of at least 4 members (excludes halogenated alkanes) is 5. The van der Waals surface area contributed by atoms with E-state index in [0.29, 0.717) is 5.57 Å². The van der Waals surface area contributed by atoms with Crippen molar-refractivity contribution in [3.63, 3.8) is 0 Å². The predicted molar refractivity (Wildman–Crippen MR) is 88.7 cm³/mol. The Kier molecular flexibility index (Phi) is 18.0. The Morgan fingerprint density at radius 3 is 2.15 bits per heavy atom. The van der Waals surface area contributed by atoms with Crippen LogP contribution < -0.4 is 0 Å². The Hall–Kier alpha value is -0.540. The molecule has 0 aromatic heterocycles.